The van der Waals surface area contributed by atoms with E-state index in [4.69, 9.17) is 4.74 Å². The summed E-state index contributed by atoms with van der Waals surface area (Å²) in [4.78, 5) is 21.4. The second-order valence-electron chi connectivity index (χ2n) is 5.68. The Morgan fingerprint density at radius 1 is 1.42 bits per heavy atom. The van der Waals surface area contributed by atoms with E-state index in [-0.39, 0.29) is 17.5 Å². The Morgan fingerprint density at radius 3 is 2.96 bits per heavy atom. The zero-order valence-corrected chi connectivity index (χ0v) is 13.6. The number of nitro groups is 1. The minimum Gasteiger partial charge on any atom is -0.383 e. The van der Waals surface area contributed by atoms with E-state index >= 15 is 0 Å². The summed E-state index contributed by atoms with van der Waals surface area (Å²) in [6, 6.07) is 7.76. The molecule has 8 heteroatoms. The van der Waals surface area contributed by atoms with Gasteiger partial charge in [-0.1, -0.05) is 18.2 Å². The molecule has 0 bridgehead atoms. The maximum Gasteiger partial charge on any atom is 0.353 e. The summed E-state index contributed by atoms with van der Waals surface area (Å²) >= 11 is 0. The third-order valence-corrected chi connectivity index (χ3v) is 3.93. The van der Waals surface area contributed by atoms with Crippen LogP contribution in [0.15, 0.2) is 30.6 Å². The van der Waals surface area contributed by atoms with Crippen LogP contribution >= 0.6 is 0 Å². The second kappa shape index (κ2) is 6.79. The molecule has 1 unspecified atom stereocenters. The number of ether oxygens (including phenoxy) is 1. The normalized spacial score (nSPS) is 14.3. The van der Waals surface area contributed by atoms with Gasteiger partial charge in [0.2, 0.25) is 11.6 Å². The third kappa shape index (κ3) is 3.00. The third-order valence-electron chi connectivity index (χ3n) is 3.93. The van der Waals surface area contributed by atoms with Gasteiger partial charge >= 0.3 is 5.69 Å². The molecule has 0 saturated carbocycles. The molecular weight excluding hydrogens is 310 g/mol. The largest absolute Gasteiger partial charge is 0.383 e. The van der Waals surface area contributed by atoms with E-state index in [1.807, 2.05) is 36.1 Å². The molecular formula is C16H19N5O3. The zero-order valence-electron chi connectivity index (χ0n) is 13.6. The number of hydrogen-bond donors (Lipinski definition) is 1. The van der Waals surface area contributed by atoms with Crippen LogP contribution in [0.5, 0.6) is 0 Å². The fourth-order valence-corrected chi connectivity index (χ4v) is 2.92. The summed E-state index contributed by atoms with van der Waals surface area (Å²) in [7, 11) is 1.58. The van der Waals surface area contributed by atoms with Crippen LogP contribution in [0.3, 0.4) is 0 Å². The summed E-state index contributed by atoms with van der Waals surface area (Å²) < 4.78 is 5.07. The highest BCUT2D eigenvalue weighted by Gasteiger charge is 2.31. The smallest absolute Gasteiger partial charge is 0.353 e. The van der Waals surface area contributed by atoms with E-state index < -0.39 is 4.92 Å². The lowest BCUT2D eigenvalue weighted by molar-refractivity contribution is -0.383. The van der Waals surface area contributed by atoms with E-state index in [2.05, 4.69) is 15.3 Å². The van der Waals surface area contributed by atoms with Crippen LogP contribution in [-0.4, -0.2) is 41.2 Å². The van der Waals surface area contributed by atoms with Gasteiger partial charge in [0, 0.05) is 25.4 Å². The number of anilines is 3. The Morgan fingerprint density at radius 2 is 2.21 bits per heavy atom. The molecule has 0 radical (unpaired) electrons. The lowest BCUT2D eigenvalue weighted by atomic mass is 10.2. The molecule has 1 atom stereocenters. The van der Waals surface area contributed by atoms with Crippen LogP contribution in [0, 0.1) is 10.1 Å². The fraction of sp³-hybridized carbons (Fsp3) is 0.375. The fourth-order valence-electron chi connectivity index (χ4n) is 2.92. The first kappa shape index (κ1) is 16.1. The number of para-hydroxylation sites is 1. The van der Waals surface area contributed by atoms with Gasteiger partial charge in [-0.15, -0.1) is 0 Å². The molecule has 8 nitrogen and oxygen atoms in total. The van der Waals surface area contributed by atoms with Crippen molar-refractivity contribution in [2.24, 2.45) is 0 Å². The van der Waals surface area contributed by atoms with E-state index in [1.54, 1.807) is 7.11 Å². The van der Waals surface area contributed by atoms with Crippen molar-refractivity contribution < 1.29 is 9.66 Å². The van der Waals surface area contributed by atoms with Crippen molar-refractivity contribution in [2.75, 3.05) is 30.5 Å². The number of nitrogens with one attached hydrogen (secondary N) is 1. The molecule has 0 saturated heterocycles. The van der Waals surface area contributed by atoms with Gasteiger partial charge < -0.3 is 15.0 Å². The van der Waals surface area contributed by atoms with Crippen molar-refractivity contribution in [1.82, 2.24) is 9.97 Å². The molecule has 0 fully saturated rings. The van der Waals surface area contributed by atoms with E-state index in [9.17, 15) is 10.1 Å². The standard InChI is InChI=1S/C16H19N5O3/c1-11(9-24-2)19-15-14(21(22)23)16(18-10-17-15)20-8-7-12-5-3-4-6-13(12)20/h3-6,10-11H,7-9H2,1-2H3,(H,17,18,19). The summed E-state index contributed by atoms with van der Waals surface area (Å²) in [5.74, 6) is 0.519. The Hall–Kier alpha value is -2.74. The first-order valence-corrected chi connectivity index (χ1v) is 7.72. The van der Waals surface area contributed by atoms with Crippen LogP contribution < -0.4 is 10.2 Å². The van der Waals surface area contributed by atoms with Crippen molar-refractivity contribution >= 4 is 23.0 Å². The highest BCUT2D eigenvalue weighted by Crippen LogP contribution is 2.40. The SMILES string of the molecule is COCC(C)Nc1ncnc(N2CCc3ccccc32)c1[N+](=O)[O-]. The van der Waals surface area contributed by atoms with Gasteiger partial charge in [-0.05, 0) is 25.0 Å². The van der Waals surface area contributed by atoms with Gasteiger partial charge in [-0.3, -0.25) is 10.1 Å². The summed E-state index contributed by atoms with van der Waals surface area (Å²) in [6.07, 6.45) is 2.19. The molecule has 24 heavy (non-hydrogen) atoms. The van der Waals surface area contributed by atoms with Crippen LogP contribution in [0.1, 0.15) is 12.5 Å². The molecule has 1 aliphatic rings. The average molecular weight is 329 g/mol. The maximum absolute atomic E-state index is 11.7. The van der Waals surface area contributed by atoms with E-state index in [0.717, 1.165) is 17.7 Å². The molecule has 1 aromatic carbocycles. The lowest BCUT2D eigenvalue weighted by Crippen LogP contribution is -2.23. The molecule has 0 amide bonds. The highest BCUT2D eigenvalue weighted by molar-refractivity contribution is 5.78. The van der Waals surface area contributed by atoms with Gasteiger partial charge in [-0.25, -0.2) is 9.97 Å². The Kier molecular flexibility index (Phi) is 4.57. The van der Waals surface area contributed by atoms with Gasteiger partial charge in [0.1, 0.15) is 6.33 Å². The van der Waals surface area contributed by atoms with Crippen molar-refractivity contribution in [2.45, 2.75) is 19.4 Å². The van der Waals surface area contributed by atoms with Crippen molar-refractivity contribution in [3.8, 4) is 0 Å². The maximum atomic E-state index is 11.7. The number of fused-ring (bicyclic) bond motifs is 1. The van der Waals surface area contributed by atoms with Gasteiger partial charge in [-0.2, -0.15) is 0 Å². The summed E-state index contributed by atoms with van der Waals surface area (Å²) in [5, 5.41) is 14.7. The predicted octanol–water partition coefficient (Wildman–Crippen LogP) is 2.53. The topological polar surface area (TPSA) is 93.4 Å². The minimum atomic E-state index is -0.432. The lowest BCUT2D eigenvalue weighted by Gasteiger charge is -2.20. The van der Waals surface area contributed by atoms with E-state index in [0.29, 0.717) is 19.0 Å². The van der Waals surface area contributed by atoms with Crippen LogP contribution in [0.25, 0.3) is 0 Å². The molecule has 0 spiro atoms. The number of benzene rings is 1. The first-order valence-electron chi connectivity index (χ1n) is 7.72. The molecule has 3 rings (SSSR count). The minimum absolute atomic E-state index is 0.109. The monoisotopic (exact) mass is 329 g/mol. The van der Waals surface area contributed by atoms with Crippen LogP contribution in [-0.2, 0) is 11.2 Å². The molecule has 0 aliphatic carbocycles. The second-order valence-corrected chi connectivity index (χ2v) is 5.68. The summed E-state index contributed by atoms with van der Waals surface area (Å²) in [5.41, 5.74) is 2.00. The predicted molar refractivity (Wildman–Crippen MR) is 90.8 cm³/mol. The van der Waals surface area contributed by atoms with Gasteiger partial charge in [0.25, 0.3) is 0 Å². The van der Waals surface area contributed by atoms with Gasteiger partial charge in [0.15, 0.2) is 0 Å². The number of nitrogens with zero attached hydrogens (tertiary/aromatic N) is 4. The molecule has 1 aromatic heterocycles. The zero-order chi connectivity index (χ0) is 17.1. The highest BCUT2D eigenvalue weighted by atomic mass is 16.6. The molecule has 2 heterocycles. The van der Waals surface area contributed by atoms with Crippen molar-refractivity contribution in [1.29, 1.82) is 0 Å². The summed E-state index contributed by atoms with van der Waals surface area (Å²) in [6.45, 7) is 2.95. The first-order chi connectivity index (χ1) is 11.6. The molecule has 2 aromatic rings. The number of methoxy groups -OCH3 is 1. The molecule has 126 valence electrons. The van der Waals surface area contributed by atoms with E-state index in [1.165, 1.54) is 6.33 Å². The van der Waals surface area contributed by atoms with Crippen LogP contribution in [0.4, 0.5) is 23.0 Å². The average Bonchev–Trinajstić information content (AvgIpc) is 2.98. The number of hydrogen-bond acceptors (Lipinski definition) is 7. The number of rotatable bonds is 6. The Bertz CT molecular complexity index is 752. The van der Waals surface area contributed by atoms with Crippen molar-refractivity contribution in [3.63, 3.8) is 0 Å². The van der Waals surface area contributed by atoms with Crippen LogP contribution in [0.2, 0.25) is 0 Å². The van der Waals surface area contributed by atoms with Gasteiger partial charge in [0.05, 0.1) is 11.5 Å². The molecule has 1 aliphatic heterocycles. The Balaban J connectivity index is 2.01. The Labute approximate surface area is 139 Å². The molecule has 1 N–H and O–H groups in total. The van der Waals surface area contributed by atoms with Crippen molar-refractivity contribution in [3.05, 3.63) is 46.3 Å². The quantitative estimate of drug-likeness (QED) is 0.643. The number of aromatic nitrogens is 2.